The van der Waals surface area contributed by atoms with Crippen molar-refractivity contribution >= 4 is 11.8 Å². The van der Waals surface area contributed by atoms with Gasteiger partial charge in [-0.3, -0.25) is 4.79 Å². The fourth-order valence-electron chi connectivity index (χ4n) is 1.05. The molecule has 0 saturated carbocycles. The van der Waals surface area contributed by atoms with E-state index in [2.05, 4.69) is 9.72 Å². The number of carbonyl (C=O) groups is 2. The second-order valence-electron chi connectivity index (χ2n) is 2.78. The van der Waals surface area contributed by atoms with Crippen LogP contribution in [-0.2, 0) is 4.74 Å². The van der Waals surface area contributed by atoms with Gasteiger partial charge in [-0.1, -0.05) is 0 Å². The Labute approximate surface area is 86.3 Å². The first-order valence-electron chi connectivity index (χ1n) is 4.09. The van der Waals surface area contributed by atoms with Gasteiger partial charge in [-0.25, -0.2) is 9.78 Å². The molecule has 0 bridgehead atoms. The topological polar surface area (TPSA) is 80.0 Å². The second kappa shape index (κ2) is 4.33. The van der Waals surface area contributed by atoms with Crippen molar-refractivity contribution in [2.45, 2.75) is 6.92 Å². The summed E-state index contributed by atoms with van der Waals surface area (Å²) >= 11 is 0. The summed E-state index contributed by atoms with van der Waals surface area (Å²) in [6.07, 6.45) is 1.22. The SMILES string of the molecule is COC(=O)c1ncc(C#N)cc1C(C)=O. The number of rotatable bonds is 2. The highest BCUT2D eigenvalue weighted by molar-refractivity contribution is 6.04. The first-order chi connectivity index (χ1) is 7.10. The highest BCUT2D eigenvalue weighted by Crippen LogP contribution is 2.10. The van der Waals surface area contributed by atoms with E-state index >= 15 is 0 Å². The van der Waals surface area contributed by atoms with E-state index in [0.29, 0.717) is 0 Å². The lowest BCUT2D eigenvalue weighted by Gasteiger charge is -2.03. The molecule has 1 aromatic rings. The molecule has 76 valence electrons. The molecular formula is C10H8N2O3. The predicted molar refractivity (Wildman–Crippen MR) is 50.3 cm³/mol. The molecular weight excluding hydrogens is 196 g/mol. The van der Waals surface area contributed by atoms with E-state index in [-0.39, 0.29) is 22.6 Å². The van der Waals surface area contributed by atoms with Crippen LogP contribution in [0, 0.1) is 11.3 Å². The Kier molecular flexibility index (Phi) is 3.13. The van der Waals surface area contributed by atoms with Crippen LogP contribution in [0.1, 0.15) is 33.3 Å². The molecule has 0 spiro atoms. The smallest absolute Gasteiger partial charge is 0.357 e. The van der Waals surface area contributed by atoms with Crippen LogP contribution >= 0.6 is 0 Å². The summed E-state index contributed by atoms with van der Waals surface area (Å²) in [7, 11) is 1.20. The van der Waals surface area contributed by atoms with E-state index in [9.17, 15) is 9.59 Å². The van der Waals surface area contributed by atoms with Crippen molar-refractivity contribution < 1.29 is 14.3 Å². The lowest BCUT2D eigenvalue weighted by molar-refractivity contribution is 0.0590. The monoisotopic (exact) mass is 204 g/mol. The first-order valence-corrected chi connectivity index (χ1v) is 4.09. The number of pyridine rings is 1. The molecule has 15 heavy (non-hydrogen) atoms. The maximum atomic E-state index is 11.2. The molecule has 5 heteroatoms. The fourth-order valence-corrected chi connectivity index (χ4v) is 1.05. The largest absolute Gasteiger partial charge is 0.464 e. The molecule has 0 radical (unpaired) electrons. The minimum absolute atomic E-state index is 0.0657. The third-order valence-electron chi connectivity index (χ3n) is 1.77. The summed E-state index contributed by atoms with van der Waals surface area (Å²) < 4.78 is 4.46. The van der Waals surface area contributed by atoms with E-state index in [1.54, 1.807) is 0 Å². The van der Waals surface area contributed by atoms with E-state index in [0.717, 1.165) is 0 Å². The third-order valence-corrected chi connectivity index (χ3v) is 1.77. The normalized spacial score (nSPS) is 9.13. The van der Waals surface area contributed by atoms with Crippen molar-refractivity contribution in [2.24, 2.45) is 0 Å². The molecule has 0 fully saturated rings. The summed E-state index contributed by atoms with van der Waals surface area (Å²) in [4.78, 5) is 26.1. The van der Waals surface area contributed by atoms with Crippen LogP contribution in [-0.4, -0.2) is 23.8 Å². The zero-order chi connectivity index (χ0) is 11.4. The number of aromatic nitrogens is 1. The average Bonchev–Trinajstić information content (AvgIpc) is 2.27. The van der Waals surface area contributed by atoms with Crippen molar-refractivity contribution in [1.82, 2.24) is 4.98 Å². The van der Waals surface area contributed by atoms with Crippen molar-refractivity contribution in [2.75, 3.05) is 7.11 Å². The molecule has 0 N–H and O–H groups in total. The quantitative estimate of drug-likeness (QED) is 0.529. The van der Waals surface area contributed by atoms with Gasteiger partial charge in [-0.15, -0.1) is 0 Å². The summed E-state index contributed by atoms with van der Waals surface area (Å²) in [5.41, 5.74) is 0.262. The van der Waals surface area contributed by atoms with Crippen LogP contribution in [0.15, 0.2) is 12.3 Å². The number of methoxy groups -OCH3 is 1. The number of Topliss-reactive ketones (excluding diaryl/α,β-unsaturated/α-hetero) is 1. The van der Waals surface area contributed by atoms with Gasteiger partial charge < -0.3 is 4.74 Å². The van der Waals surface area contributed by atoms with Crippen LogP contribution in [0.5, 0.6) is 0 Å². The number of carbonyl (C=O) groups excluding carboxylic acids is 2. The van der Waals surface area contributed by atoms with Crippen LogP contribution in [0.3, 0.4) is 0 Å². The number of hydrogen-bond donors (Lipinski definition) is 0. The molecule has 1 heterocycles. The van der Waals surface area contributed by atoms with Gasteiger partial charge in [0.15, 0.2) is 11.5 Å². The van der Waals surface area contributed by atoms with Crippen LogP contribution in [0.2, 0.25) is 0 Å². The first kappa shape index (κ1) is 10.9. The molecule has 0 saturated heterocycles. The van der Waals surface area contributed by atoms with Gasteiger partial charge in [0.25, 0.3) is 0 Å². The molecule has 0 aliphatic heterocycles. The van der Waals surface area contributed by atoms with Crippen molar-refractivity contribution in [3.63, 3.8) is 0 Å². The van der Waals surface area contributed by atoms with Gasteiger partial charge in [0.05, 0.1) is 18.2 Å². The molecule has 1 rings (SSSR count). The molecule has 0 unspecified atom stereocenters. The molecule has 0 amide bonds. The molecule has 1 aromatic heterocycles. The van der Waals surface area contributed by atoms with Gasteiger partial charge >= 0.3 is 5.97 Å². The molecule has 0 atom stereocenters. The lowest BCUT2D eigenvalue weighted by atomic mass is 10.1. The van der Waals surface area contributed by atoms with Gasteiger partial charge in [0, 0.05) is 6.20 Å². The number of hydrogen-bond acceptors (Lipinski definition) is 5. The Hall–Kier alpha value is -2.22. The van der Waals surface area contributed by atoms with Gasteiger partial charge in [-0.05, 0) is 13.0 Å². The Bertz CT molecular complexity index is 460. The predicted octanol–water partition coefficient (Wildman–Crippen LogP) is 0.942. The van der Waals surface area contributed by atoms with E-state index in [1.165, 1.54) is 26.3 Å². The Morgan fingerprint density at radius 3 is 2.67 bits per heavy atom. The summed E-state index contributed by atoms with van der Waals surface area (Å²) in [6, 6.07) is 3.16. The molecule has 5 nitrogen and oxygen atoms in total. The molecule has 0 aromatic carbocycles. The summed E-state index contributed by atoms with van der Waals surface area (Å²) in [6.45, 7) is 1.30. The van der Waals surface area contributed by atoms with Gasteiger partial charge in [0.2, 0.25) is 0 Å². The minimum Gasteiger partial charge on any atom is -0.464 e. The van der Waals surface area contributed by atoms with Crippen molar-refractivity contribution in [3.8, 4) is 6.07 Å². The van der Waals surface area contributed by atoms with Crippen LogP contribution < -0.4 is 0 Å². The second-order valence-corrected chi connectivity index (χ2v) is 2.78. The van der Waals surface area contributed by atoms with Crippen molar-refractivity contribution in [1.29, 1.82) is 5.26 Å². The van der Waals surface area contributed by atoms with E-state index in [1.807, 2.05) is 6.07 Å². The molecule has 0 aliphatic rings. The van der Waals surface area contributed by atoms with Crippen LogP contribution in [0.25, 0.3) is 0 Å². The standard InChI is InChI=1S/C10H8N2O3/c1-6(13)8-3-7(4-11)5-12-9(8)10(14)15-2/h3,5H,1-2H3. The average molecular weight is 204 g/mol. The van der Waals surface area contributed by atoms with E-state index in [4.69, 9.17) is 5.26 Å². The zero-order valence-electron chi connectivity index (χ0n) is 8.27. The van der Waals surface area contributed by atoms with Crippen molar-refractivity contribution in [3.05, 3.63) is 29.1 Å². The van der Waals surface area contributed by atoms with Gasteiger partial charge in [0.1, 0.15) is 6.07 Å². The Morgan fingerprint density at radius 1 is 1.53 bits per heavy atom. The summed E-state index contributed by atoms with van der Waals surface area (Å²) in [5.74, 6) is -1.02. The number of esters is 1. The van der Waals surface area contributed by atoms with Crippen LogP contribution in [0.4, 0.5) is 0 Å². The summed E-state index contributed by atoms with van der Waals surface area (Å²) in [5, 5.41) is 8.61. The number of ketones is 1. The Balaban J connectivity index is 3.35. The highest BCUT2D eigenvalue weighted by Gasteiger charge is 2.17. The number of nitrogens with zero attached hydrogens (tertiary/aromatic N) is 2. The van der Waals surface area contributed by atoms with Gasteiger partial charge in [-0.2, -0.15) is 5.26 Å². The fraction of sp³-hybridized carbons (Fsp3) is 0.200. The molecule has 0 aliphatic carbocycles. The highest BCUT2D eigenvalue weighted by atomic mass is 16.5. The third kappa shape index (κ3) is 2.17. The Morgan fingerprint density at radius 2 is 2.20 bits per heavy atom. The lowest BCUT2D eigenvalue weighted by Crippen LogP contribution is -2.11. The maximum absolute atomic E-state index is 11.2. The number of nitriles is 1. The maximum Gasteiger partial charge on any atom is 0.357 e. The van der Waals surface area contributed by atoms with E-state index < -0.39 is 5.97 Å². The zero-order valence-corrected chi connectivity index (χ0v) is 8.27. The minimum atomic E-state index is -0.690. The number of ether oxygens (including phenoxy) is 1.